The molecule has 0 aromatic heterocycles. The molecule has 144 valence electrons. The summed E-state index contributed by atoms with van der Waals surface area (Å²) in [7, 11) is 4.55. The van der Waals surface area contributed by atoms with Crippen molar-refractivity contribution in [3.8, 4) is 17.2 Å². The van der Waals surface area contributed by atoms with Gasteiger partial charge in [0.1, 0.15) is 18.9 Å². The van der Waals surface area contributed by atoms with E-state index in [1.807, 2.05) is 25.1 Å². The highest BCUT2D eigenvalue weighted by molar-refractivity contribution is 5.96. The van der Waals surface area contributed by atoms with Gasteiger partial charge < -0.3 is 24.3 Å². The van der Waals surface area contributed by atoms with Crippen LogP contribution in [0.25, 0.3) is 0 Å². The maximum Gasteiger partial charge on any atom is 0.325 e. The number of benzene rings is 2. The summed E-state index contributed by atoms with van der Waals surface area (Å²) in [5.74, 6) is 0.621. The van der Waals surface area contributed by atoms with E-state index in [9.17, 15) is 9.59 Å². The van der Waals surface area contributed by atoms with Crippen molar-refractivity contribution in [3.63, 3.8) is 0 Å². The van der Waals surface area contributed by atoms with Crippen LogP contribution in [0.1, 0.15) is 21.5 Å². The quantitative estimate of drug-likeness (QED) is 0.716. The zero-order valence-corrected chi connectivity index (χ0v) is 15.8. The van der Waals surface area contributed by atoms with Gasteiger partial charge in [-0.2, -0.15) is 0 Å². The predicted molar refractivity (Wildman–Crippen MR) is 99.4 cm³/mol. The number of hydrogen-bond acceptors (Lipinski definition) is 6. The van der Waals surface area contributed by atoms with E-state index in [0.29, 0.717) is 22.8 Å². The lowest BCUT2D eigenvalue weighted by molar-refractivity contribution is -0.143. The second-order valence-corrected chi connectivity index (χ2v) is 5.73. The van der Waals surface area contributed by atoms with Crippen LogP contribution in [0.2, 0.25) is 0 Å². The number of rotatable bonds is 8. The molecular formula is C20H23NO6. The largest absolute Gasteiger partial charge is 0.496 e. The smallest absolute Gasteiger partial charge is 0.325 e. The summed E-state index contributed by atoms with van der Waals surface area (Å²) >= 11 is 0. The Labute approximate surface area is 158 Å². The minimum atomic E-state index is -0.549. The van der Waals surface area contributed by atoms with Crippen LogP contribution >= 0.6 is 0 Å². The third-order valence-corrected chi connectivity index (χ3v) is 3.86. The van der Waals surface area contributed by atoms with E-state index in [0.717, 1.165) is 11.1 Å². The molecule has 0 unspecified atom stereocenters. The number of aryl methyl sites for hydroxylation is 1. The third-order valence-electron chi connectivity index (χ3n) is 3.86. The second kappa shape index (κ2) is 9.47. The molecule has 2 rings (SSSR count). The number of carbonyl (C=O) groups excluding carboxylic acids is 2. The van der Waals surface area contributed by atoms with Crippen molar-refractivity contribution in [1.29, 1.82) is 0 Å². The van der Waals surface area contributed by atoms with E-state index in [-0.39, 0.29) is 13.2 Å². The first kappa shape index (κ1) is 20.1. The molecule has 7 heteroatoms. The normalized spacial score (nSPS) is 10.1. The van der Waals surface area contributed by atoms with Gasteiger partial charge >= 0.3 is 5.97 Å². The Bertz CT molecular complexity index is 818. The van der Waals surface area contributed by atoms with Gasteiger partial charge in [-0.3, -0.25) is 9.59 Å². The molecule has 7 nitrogen and oxygen atoms in total. The molecule has 0 atom stereocenters. The Kier molecular flexibility index (Phi) is 7.05. The van der Waals surface area contributed by atoms with E-state index in [2.05, 4.69) is 5.32 Å². The van der Waals surface area contributed by atoms with Crippen LogP contribution in [0.4, 0.5) is 0 Å². The van der Waals surface area contributed by atoms with E-state index in [4.69, 9.17) is 18.9 Å². The number of methoxy groups -OCH3 is 3. The molecule has 0 radical (unpaired) electrons. The first-order chi connectivity index (χ1) is 13.0. The standard InChI is InChI=1S/C20H23NO6/c1-13-5-7-16(24-2)15(9-13)12-27-19(22)11-21-20(23)14-6-8-17(25-3)18(10-14)26-4/h5-10H,11-12H2,1-4H3,(H,21,23). The number of hydrogen-bond donors (Lipinski definition) is 1. The molecule has 2 aromatic rings. The summed E-state index contributed by atoms with van der Waals surface area (Å²) in [6.45, 7) is 1.76. The molecule has 2 aromatic carbocycles. The summed E-state index contributed by atoms with van der Waals surface area (Å²) in [5.41, 5.74) is 2.14. The first-order valence-electron chi connectivity index (χ1n) is 8.27. The average molecular weight is 373 g/mol. The maximum atomic E-state index is 12.2. The van der Waals surface area contributed by atoms with E-state index in [1.54, 1.807) is 19.2 Å². The monoisotopic (exact) mass is 373 g/mol. The molecule has 0 bridgehead atoms. The van der Waals surface area contributed by atoms with E-state index < -0.39 is 11.9 Å². The van der Waals surface area contributed by atoms with Crippen molar-refractivity contribution in [2.45, 2.75) is 13.5 Å². The highest BCUT2D eigenvalue weighted by Gasteiger charge is 2.13. The van der Waals surface area contributed by atoms with Gasteiger partial charge in [-0.05, 0) is 37.3 Å². The third kappa shape index (κ3) is 5.37. The molecule has 0 heterocycles. The van der Waals surface area contributed by atoms with Crippen molar-refractivity contribution in [2.24, 2.45) is 0 Å². The van der Waals surface area contributed by atoms with Crippen LogP contribution in [0, 0.1) is 6.92 Å². The Morgan fingerprint density at radius 2 is 1.56 bits per heavy atom. The van der Waals surface area contributed by atoms with Crippen LogP contribution in [0.15, 0.2) is 36.4 Å². The van der Waals surface area contributed by atoms with Crippen LogP contribution in [-0.2, 0) is 16.1 Å². The van der Waals surface area contributed by atoms with Gasteiger partial charge in [0.25, 0.3) is 5.91 Å². The van der Waals surface area contributed by atoms with Crippen molar-refractivity contribution < 1.29 is 28.5 Å². The summed E-state index contributed by atoms with van der Waals surface area (Å²) in [6.07, 6.45) is 0. The van der Waals surface area contributed by atoms with Gasteiger partial charge in [0.15, 0.2) is 11.5 Å². The van der Waals surface area contributed by atoms with Gasteiger partial charge in [-0.1, -0.05) is 11.6 Å². The highest BCUT2D eigenvalue weighted by Crippen LogP contribution is 2.27. The van der Waals surface area contributed by atoms with Crippen molar-refractivity contribution in [2.75, 3.05) is 27.9 Å². The summed E-state index contributed by atoms with van der Waals surface area (Å²) in [6, 6.07) is 10.4. The van der Waals surface area contributed by atoms with Gasteiger partial charge in [-0.15, -0.1) is 0 Å². The molecule has 0 aliphatic heterocycles. The molecule has 0 saturated carbocycles. The van der Waals surface area contributed by atoms with Crippen LogP contribution in [0.5, 0.6) is 17.2 Å². The molecule has 0 aliphatic rings. The molecule has 0 aliphatic carbocycles. The Hall–Kier alpha value is -3.22. The molecular weight excluding hydrogens is 350 g/mol. The summed E-state index contributed by atoms with van der Waals surface area (Å²) in [4.78, 5) is 24.1. The SMILES string of the molecule is COc1ccc(C)cc1COC(=O)CNC(=O)c1ccc(OC)c(OC)c1. The average Bonchev–Trinajstić information content (AvgIpc) is 2.69. The molecule has 0 saturated heterocycles. The fourth-order valence-corrected chi connectivity index (χ4v) is 2.46. The fourth-order valence-electron chi connectivity index (χ4n) is 2.46. The van der Waals surface area contributed by atoms with Gasteiger partial charge in [0.05, 0.1) is 21.3 Å². The topological polar surface area (TPSA) is 83.1 Å². The molecule has 1 amide bonds. The number of carbonyl (C=O) groups is 2. The summed E-state index contributed by atoms with van der Waals surface area (Å²) in [5, 5.41) is 2.52. The van der Waals surface area contributed by atoms with E-state index in [1.165, 1.54) is 20.3 Å². The zero-order chi connectivity index (χ0) is 19.8. The van der Waals surface area contributed by atoms with Gasteiger partial charge in [-0.25, -0.2) is 0 Å². The van der Waals surface area contributed by atoms with E-state index >= 15 is 0 Å². The Morgan fingerprint density at radius 1 is 0.889 bits per heavy atom. The van der Waals surface area contributed by atoms with Crippen molar-refractivity contribution in [3.05, 3.63) is 53.1 Å². The zero-order valence-electron chi connectivity index (χ0n) is 15.8. The van der Waals surface area contributed by atoms with Crippen molar-refractivity contribution in [1.82, 2.24) is 5.32 Å². The summed E-state index contributed by atoms with van der Waals surface area (Å²) < 4.78 is 20.8. The van der Waals surface area contributed by atoms with Crippen molar-refractivity contribution >= 4 is 11.9 Å². The molecule has 1 N–H and O–H groups in total. The first-order valence-corrected chi connectivity index (χ1v) is 8.27. The van der Waals surface area contributed by atoms with Gasteiger partial charge in [0.2, 0.25) is 0 Å². The lowest BCUT2D eigenvalue weighted by Crippen LogP contribution is -2.30. The second-order valence-electron chi connectivity index (χ2n) is 5.73. The Morgan fingerprint density at radius 3 is 2.22 bits per heavy atom. The van der Waals surface area contributed by atoms with Gasteiger partial charge in [0, 0.05) is 11.1 Å². The number of ether oxygens (including phenoxy) is 4. The fraction of sp³-hybridized carbons (Fsp3) is 0.300. The maximum absolute atomic E-state index is 12.2. The lowest BCUT2D eigenvalue weighted by atomic mass is 10.1. The molecule has 0 fully saturated rings. The van der Waals surface area contributed by atoms with Crippen LogP contribution in [0.3, 0.4) is 0 Å². The minimum absolute atomic E-state index is 0.0654. The minimum Gasteiger partial charge on any atom is -0.496 e. The lowest BCUT2D eigenvalue weighted by Gasteiger charge is -2.11. The molecule has 27 heavy (non-hydrogen) atoms. The number of nitrogens with one attached hydrogen (secondary N) is 1. The number of amides is 1. The number of esters is 1. The molecule has 0 spiro atoms. The van der Waals surface area contributed by atoms with Crippen LogP contribution < -0.4 is 19.5 Å². The predicted octanol–water partition coefficient (Wildman–Crippen LogP) is 2.49. The Balaban J connectivity index is 1.90. The highest BCUT2D eigenvalue weighted by atomic mass is 16.5. The van der Waals surface area contributed by atoms with Crippen LogP contribution in [-0.4, -0.2) is 39.8 Å².